The molecule has 4 heterocycles. The van der Waals surface area contributed by atoms with Crippen molar-refractivity contribution >= 4 is 33.7 Å². The lowest BCUT2D eigenvalue weighted by Crippen LogP contribution is -2.35. The van der Waals surface area contributed by atoms with E-state index in [1.54, 1.807) is 48.5 Å². The molecule has 2 fully saturated rings. The summed E-state index contributed by atoms with van der Waals surface area (Å²) in [4.78, 5) is 27.1. The Morgan fingerprint density at radius 3 is 1.50 bits per heavy atom. The Balaban J connectivity index is 0.000000191. The number of likely N-dealkylation sites (tertiary alicyclic amines) is 2. The summed E-state index contributed by atoms with van der Waals surface area (Å²) in [6.07, 6.45) is 9.19. The number of rotatable bonds is 20. The predicted octanol–water partition coefficient (Wildman–Crippen LogP) is 9.27. The maximum atomic E-state index is 11.3. The van der Waals surface area contributed by atoms with E-state index >= 15 is 0 Å². The molecule has 0 unspecified atom stereocenters. The Morgan fingerprint density at radius 2 is 1.02 bits per heavy atom. The van der Waals surface area contributed by atoms with Crippen molar-refractivity contribution in [2.75, 3.05) is 78.9 Å². The summed E-state index contributed by atoms with van der Waals surface area (Å²) in [6, 6.07) is 30.8. The Morgan fingerprint density at radius 1 is 0.547 bits per heavy atom. The SMILES string of the molecule is CCOCCn1cc(C2CCN(CCOc3ccc(C(=O)O)cc3)CC2)c2ccccc21.CCOCCn1cc(C2CCN(CCOc3ccccc3C(=O)O)CC2)c2ccccc21. The summed E-state index contributed by atoms with van der Waals surface area (Å²) < 4.78 is 27.4. The second-order valence-electron chi connectivity index (χ2n) is 16.5. The summed E-state index contributed by atoms with van der Waals surface area (Å²) in [5.74, 6) is 0.408. The van der Waals surface area contributed by atoms with Crippen LogP contribution in [0.2, 0.25) is 0 Å². The van der Waals surface area contributed by atoms with Gasteiger partial charge in [0.2, 0.25) is 0 Å². The number of carboxylic acid groups (broad SMARTS) is 2. The highest BCUT2D eigenvalue weighted by molar-refractivity contribution is 5.91. The Labute approximate surface area is 376 Å². The van der Waals surface area contributed by atoms with Crippen molar-refractivity contribution in [3.8, 4) is 11.5 Å². The molecule has 64 heavy (non-hydrogen) atoms. The number of carbonyl (C=O) groups is 2. The van der Waals surface area contributed by atoms with Crippen molar-refractivity contribution < 1.29 is 38.7 Å². The topological polar surface area (TPSA) is 128 Å². The average molecular weight is 873 g/mol. The van der Waals surface area contributed by atoms with Gasteiger partial charge in [-0.15, -0.1) is 0 Å². The number of carboxylic acids is 2. The van der Waals surface area contributed by atoms with Crippen molar-refractivity contribution in [2.45, 2.75) is 64.5 Å². The molecule has 2 aliphatic heterocycles. The van der Waals surface area contributed by atoms with Crippen LogP contribution in [0.15, 0.2) is 109 Å². The molecule has 0 radical (unpaired) electrons. The van der Waals surface area contributed by atoms with E-state index in [1.807, 2.05) is 13.8 Å². The quantitative estimate of drug-likeness (QED) is 0.0717. The molecule has 2 saturated heterocycles. The molecular formula is C52H64N4O8. The standard InChI is InChI=1S/2C26H32N2O4/c1-2-31-17-16-28-19-23(21-7-3-5-9-24(21)28)20-11-13-27(14-12-20)15-18-32-25-10-6-4-8-22(25)26(29)30;1-2-31-17-16-28-19-24(23-5-3-4-6-25(23)28)20-11-13-27(14-12-20)15-18-32-22-9-7-21(8-10-22)26(29)30/h2*3-10,19-20H,2,11-18H2,1H3,(H,29,30). The number of fused-ring (bicyclic) bond motifs is 2. The monoisotopic (exact) mass is 872 g/mol. The van der Waals surface area contributed by atoms with Crippen LogP contribution in [0.25, 0.3) is 21.8 Å². The van der Waals surface area contributed by atoms with Gasteiger partial charge in [-0.2, -0.15) is 0 Å². The molecule has 12 heteroatoms. The van der Waals surface area contributed by atoms with E-state index in [1.165, 1.54) is 32.9 Å². The molecule has 0 aliphatic carbocycles. The van der Waals surface area contributed by atoms with Crippen LogP contribution in [-0.4, -0.2) is 120 Å². The predicted molar refractivity (Wildman–Crippen MR) is 251 cm³/mol. The molecule has 340 valence electrons. The first-order chi connectivity index (χ1) is 31.3. The van der Waals surface area contributed by atoms with Crippen molar-refractivity contribution in [1.82, 2.24) is 18.9 Å². The number of hydrogen-bond acceptors (Lipinski definition) is 8. The average Bonchev–Trinajstić information content (AvgIpc) is 3.89. The van der Waals surface area contributed by atoms with Gasteiger partial charge in [-0.05, 0) is 137 Å². The minimum Gasteiger partial charge on any atom is -0.492 e. The third-order valence-electron chi connectivity index (χ3n) is 12.6. The largest absolute Gasteiger partial charge is 0.492 e. The second kappa shape index (κ2) is 23.3. The summed E-state index contributed by atoms with van der Waals surface area (Å²) in [5.41, 5.74) is 5.99. The van der Waals surface area contributed by atoms with Crippen LogP contribution < -0.4 is 9.47 Å². The number of hydrogen-bond donors (Lipinski definition) is 2. The highest BCUT2D eigenvalue weighted by Crippen LogP contribution is 2.36. The lowest BCUT2D eigenvalue weighted by molar-refractivity contribution is 0.0682. The van der Waals surface area contributed by atoms with E-state index in [-0.39, 0.29) is 11.1 Å². The maximum Gasteiger partial charge on any atom is 0.339 e. The molecule has 0 bridgehead atoms. The molecule has 0 spiro atoms. The highest BCUT2D eigenvalue weighted by Gasteiger charge is 2.25. The third kappa shape index (κ3) is 12.1. The first-order valence-electron chi connectivity index (χ1n) is 23.0. The van der Waals surface area contributed by atoms with E-state index in [9.17, 15) is 14.7 Å². The van der Waals surface area contributed by atoms with Gasteiger partial charge < -0.3 is 38.3 Å². The third-order valence-corrected chi connectivity index (χ3v) is 12.6. The molecule has 2 aliphatic rings. The molecule has 0 amide bonds. The van der Waals surface area contributed by atoms with E-state index in [2.05, 4.69) is 79.9 Å². The number of ether oxygens (including phenoxy) is 4. The number of piperidine rings is 2. The first-order valence-corrected chi connectivity index (χ1v) is 23.0. The maximum absolute atomic E-state index is 11.3. The van der Waals surface area contributed by atoms with Crippen LogP contribution >= 0.6 is 0 Å². The first kappa shape index (κ1) is 46.3. The van der Waals surface area contributed by atoms with Gasteiger partial charge in [0, 0.05) is 73.6 Å². The van der Waals surface area contributed by atoms with E-state index in [0.717, 1.165) is 104 Å². The molecule has 4 aromatic carbocycles. The normalized spacial score (nSPS) is 15.3. The van der Waals surface area contributed by atoms with Crippen LogP contribution in [0.4, 0.5) is 0 Å². The molecule has 0 saturated carbocycles. The van der Waals surface area contributed by atoms with Gasteiger partial charge in [0.15, 0.2) is 0 Å². The number of nitrogens with zero attached hydrogens (tertiary/aromatic N) is 4. The van der Waals surface area contributed by atoms with Crippen LogP contribution in [0.1, 0.15) is 83.2 Å². The Hall–Kier alpha value is -5.66. The minimum atomic E-state index is -0.957. The lowest BCUT2D eigenvalue weighted by atomic mass is 9.89. The molecule has 2 N–H and O–H groups in total. The zero-order chi connectivity index (χ0) is 44.7. The van der Waals surface area contributed by atoms with Gasteiger partial charge in [0.25, 0.3) is 0 Å². The Bertz CT molecular complexity index is 2390. The Kier molecular flexibility index (Phi) is 16.9. The minimum absolute atomic E-state index is 0.215. The lowest BCUT2D eigenvalue weighted by Gasteiger charge is -2.31. The molecule has 12 nitrogen and oxygen atoms in total. The van der Waals surface area contributed by atoms with Crippen LogP contribution in [0.3, 0.4) is 0 Å². The van der Waals surface area contributed by atoms with Crippen LogP contribution in [-0.2, 0) is 22.6 Å². The summed E-state index contributed by atoms with van der Waals surface area (Å²) >= 11 is 0. The fourth-order valence-corrected chi connectivity index (χ4v) is 9.16. The van der Waals surface area contributed by atoms with Crippen molar-refractivity contribution in [3.63, 3.8) is 0 Å². The summed E-state index contributed by atoms with van der Waals surface area (Å²) in [7, 11) is 0. The molecule has 8 rings (SSSR count). The van der Waals surface area contributed by atoms with Gasteiger partial charge in [-0.3, -0.25) is 9.80 Å². The number of aromatic carboxylic acids is 2. The van der Waals surface area contributed by atoms with Gasteiger partial charge in [-0.25, -0.2) is 9.59 Å². The molecule has 0 atom stereocenters. The molecule has 6 aromatic rings. The van der Waals surface area contributed by atoms with E-state index in [4.69, 9.17) is 24.1 Å². The zero-order valence-electron chi connectivity index (χ0n) is 37.4. The number of benzene rings is 4. The van der Waals surface area contributed by atoms with Crippen molar-refractivity contribution in [2.24, 2.45) is 0 Å². The summed E-state index contributed by atoms with van der Waals surface area (Å²) in [5, 5.41) is 21.0. The van der Waals surface area contributed by atoms with Gasteiger partial charge in [0.1, 0.15) is 30.3 Å². The van der Waals surface area contributed by atoms with Crippen molar-refractivity contribution in [3.05, 3.63) is 132 Å². The summed E-state index contributed by atoms with van der Waals surface area (Å²) in [6.45, 7) is 15.7. The van der Waals surface area contributed by atoms with Crippen molar-refractivity contribution in [1.29, 1.82) is 0 Å². The van der Waals surface area contributed by atoms with E-state index in [0.29, 0.717) is 36.5 Å². The second-order valence-corrected chi connectivity index (χ2v) is 16.5. The van der Waals surface area contributed by atoms with Gasteiger partial charge in [-0.1, -0.05) is 48.5 Å². The molecule has 2 aromatic heterocycles. The smallest absolute Gasteiger partial charge is 0.339 e. The van der Waals surface area contributed by atoms with Gasteiger partial charge in [0.05, 0.1) is 18.8 Å². The van der Waals surface area contributed by atoms with E-state index < -0.39 is 11.9 Å². The van der Waals surface area contributed by atoms with Crippen LogP contribution in [0.5, 0.6) is 11.5 Å². The highest BCUT2D eigenvalue weighted by atomic mass is 16.5. The van der Waals surface area contributed by atoms with Crippen LogP contribution in [0, 0.1) is 0 Å². The zero-order valence-corrected chi connectivity index (χ0v) is 37.4. The fourth-order valence-electron chi connectivity index (χ4n) is 9.16. The fraction of sp³-hybridized carbons (Fsp3) is 0.423. The number of para-hydroxylation sites is 3. The molecular weight excluding hydrogens is 809 g/mol. The number of aromatic nitrogens is 2. The van der Waals surface area contributed by atoms with Gasteiger partial charge >= 0.3 is 11.9 Å².